The topological polar surface area (TPSA) is 77.8 Å². The highest BCUT2D eigenvalue weighted by atomic mass is 16.4. The first-order valence-electron chi connectivity index (χ1n) is 11.5. The number of aliphatic hydroxyl groups excluding tert-OH is 2. The third-order valence-corrected chi connectivity index (χ3v) is 4.26. The quantitative estimate of drug-likeness (QED) is 0.183. The molecular weight excluding hydrogens is 352 g/mol. The molecule has 4 nitrogen and oxygen atoms in total. The van der Waals surface area contributed by atoms with E-state index >= 15 is 0 Å². The van der Waals surface area contributed by atoms with Crippen LogP contribution >= 0.6 is 0 Å². The van der Waals surface area contributed by atoms with E-state index in [9.17, 15) is 4.79 Å². The molecule has 0 amide bonds. The fourth-order valence-corrected chi connectivity index (χ4v) is 2.65. The smallest absolute Gasteiger partial charge is 0.303 e. The molecule has 170 valence electrons. The molecule has 0 aliphatic rings. The summed E-state index contributed by atoms with van der Waals surface area (Å²) in [7, 11) is 0. The molecule has 0 spiro atoms. The van der Waals surface area contributed by atoms with Gasteiger partial charge in [0.2, 0.25) is 0 Å². The second kappa shape index (κ2) is 30.8. The molecule has 28 heavy (non-hydrogen) atoms. The van der Waals surface area contributed by atoms with Gasteiger partial charge in [-0.1, -0.05) is 103 Å². The molecular formula is C24H50O4. The standard InChI is InChI=1S/C18H36O2.C3H8O2.C3H6/c1-2-3-4-5-6-7-8-9-10-11-12-13-14-15-16-17-18(19)20;1-3(5)2-4;1-3-2/h2-17H2,1H3,(H,19,20);3-5H,2H2,1H3;3H,1H2,2H3. The van der Waals surface area contributed by atoms with Gasteiger partial charge in [-0.25, -0.2) is 0 Å². The van der Waals surface area contributed by atoms with E-state index in [0.717, 1.165) is 12.8 Å². The van der Waals surface area contributed by atoms with Gasteiger partial charge in [-0.05, 0) is 20.3 Å². The van der Waals surface area contributed by atoms with Crippen molar-refractivity contribution in [3.63, 3.8) is 0 Å². The first kappa shape index (κ1) is 31.8. The lowest BCUT2D eigenvalue weighted by Crippen LogP contribution is -2.03. The summed E-state index contributed by atoms with van der Waals surface area (Å²) in [6, 6.07) is 0. The van der Waals surface area contributed by atoms with Crippen LogP contribution in [0.2, 0.25) is 0 Å². The summed E-state index contributed by atoms with van der Waals surface area (Å²) in [6.45, 7) is 8.91. The average Bonchev–Trinajstić information content (AvgIpc) is 2.65. The Bertz CT molecular complexity index is 290. The monoisotopic (exact) mass is 402 g/mol. The van der Waals surface area contributed by atoms with Crippen LogP contribution in [0.1, 0.15) is 124 Å². The number of carbonyl (C=O) groups is 1. The molecule has 0 heterocycles. The van der Waals surface area contributed by atoms with Gasteiger partial charge < -0.3 is 15.3 Å². The van der Waals surface area contributed by atoms with Crippen LogP contribution in [-0.2, 0) is 4.79 Å². The first-order chi connectivity index (χ1) is 13.5. The number of hydrogen-bond donors (Lipinski definition) is 3. The molecule has 0 fully saturated rings. The Morgan fingerprint density at radius 1 is 0.821 bits per heavy atom. The number of rotatable bonds is 17. The molecule has 0 aliphatic carbocycles. The van der Waals surface area contributed by atoms with Gasteiger partial charge in [0.1, 0.15) is 0 Å². The fourth-order valence-electron chi connectivity index (χ4n) is 2.65. The van der Waals surface area contributed by atoms with Crippen molar-refractivity contribution in [2.75, 3.05) is 6.61 Å². The van der Waals surface area contributed by atoms with Gasteiger partial charge in [0.15, 0.2) is 0 Å². The molecule has 0 saturated carbocycles. The number of aliphatic hydroxyl groups is 2. The van der Waals surface area contributed by atoms with Gasteiger partial charge in [0, 0.05) is 6.42 Å². The predicted molar refractivity (Wildman–Crippen MR) is 122 cm³/mol. The van der Waals surface area contributed by atoms with Crippen LogP contribution in [0.4, 0.5) is 0 Å². The van der Waals surface area contributed by atoms with E-state index in [4.69, 9.17) is 15.3 Å². The maximum atomic E-state index is 10.3. The lowest BCUT2D eigenvalue weighted by molar-refractivity contribution is -0.137. The van der Waals surface area contributed by atoms with E-state index in [2.05, 4.69) is 13.5 Å². The molecule has 0 aromatic rings. The van der Waals surface area contributed by atoms with Crippen LogP contribution in [0, 0.1) is 0 Å². The van der Waals surface area contributed by atoms with Crippen LogP contribution in [0.25, 0.3) is 0 Å². The number of carboxylic acids is 1. The summed E-state index contributed by atoms with van der Waals surface area (Å²) < 4.78 is 0. The van der Waals surface area contributed by atoms with Crippen molar-refractivity contribution in [2.24, 2.45) is 0 Å². The first-order valence-corrected chi connectivity index (χ1v) is 11.5. The number of unbranched alkanes of at least 4 members (excludes halogenated alkanes) is 14. The summed E-state index contributed by atoms with van der Waals surface area (Å²) in [5, 5.41) is 24.5. The third-order valence-electron chi connectivity index (χ3n) is 4.26. The van der Waals surface area contributed by atoms with Crippen LogP contribution in [0.5, 0.6) is 0 Å². The van der Waals surface area contributed by atoms with E-state index in [0.29, 0.717) is 6.42 Å². The van der Waals surface area contributed by atoms with Crippen molar-refractivity contribution in [3.05, 3.63) is 12.7 Å². The molecule has 0 aromatic carbocycles. The van der Waals surface area contributed by atoms with Gasteiger partial charge in [0.25, 0.3) is 0 Å². The summed E-state index contributed by atoms with van der Waals surface area (Å²) in [5.41, 5.74) is 0. The van der Waals surface area contributed by atoms with Gasteiger partial charge >= 0.3 is 5.97 Å². The van der Waals surface area contributed by atoms with Gasteiger partial charge in [-0.3, -0.25) is 4.79 Å². The maximum absolute atomic E-state index is 10.3. The van der Waals surface area contributed by atoms with Crippen molar-refractivity contribution < 1.29 is 20.1 Å². The second-order valence-corrected chi connectivity index (χ2v) is 7.53. The van der Waals surface area contributed by atoms with Crippen LogP contribution in [0.15, 0.2) is 12.7 Å². The van der Waals surface area contributed by atoms with Crippen molar-refractivity contribution in [2.45, 2.75) is 130 Å². The highest BCUT2D eigenvalue weighted by molar-refractivity contribution is 5.66. The van der Waals surface area contributed by atoms with E-state index in [1.54, 1.807) is 6.08 Å². The normalized spacial score (nSPS) is 10.9. The molecule has 0 rings (SSSR count). The average molecular weight is 403 g/mol. The van der Waals surface area contributed by atoms with Gasteiger partial charge in [0.05, 0.1) is 12.7 Å². The lowest BCUT2D eigenvalue weighted by atomic mass is 10.0. The zero-order chi connectivity index (χ0) is 21.9. The molecule has 4 heteroatoms. The summed E-state index contributed by atoms with van der Waals surface area (Å²) in [4.78, 5) is 10.3. The van der Waals surface area contributed by atoms with E-state index < -0.39 is 12.1 Å². The van der Waals surface area contributed by atoms with Crippen molar-refractivity contribution >= 4 is 5.97 Å². The Kier molecular flexibility index (Phi) is 35.0. The molecule has 0 bridgehead atoms. The molecule has 1 atom stereocenters. The van der Waals surface area contributed by atoms with Crippen LogP contribution in [-0.4, -0.2) is 34.0 Å². The lowest BCUT2D eigenvalue weighted by Gasteiger charge is -2.03. The highest BCUT2D eigenvalue weighted by Gasteiger charge is 1.97. The van der Waals surface area contributed by atoms with Crippen LogP contribution in [0.3, 0.4) is 0 Å². The Labute approximate surface area is 175 Å². The molecule has 0 saturated heterocycles. The maximum Gasteiger partial charge on any atom is 0.303 e. The Hall–Kier alpha value is -0.870. The van der Waals surface area contributed by atoms with Gasteiger partial charge in [-0.2, -0.15) is 0 Å². The minimum Gasteiger partial charge on any atom is -0.481 e. The predicted octanol–water partition coefficient (Wildman–Crippen LogP) is 6.88. The Morgan fingerprint density at radius 2 is 1.07 bits per heavy atom. The zero-order valence-corrected chi connectivity index (χ0v) is 19.1. The molecule has 0 radical (unpaired) electrons. The largest absolute Gasteiger partial charge is 0.481 e. The second-order valence-electron chi connectivity index (χ2n) is 7.53. The number of allylic oxidation sites excluding steroid dienone is 1. The number of aliphatic carboxylic acids is 1. The summed E-state index contributed by atoms with van der Waals surface area (Å²) in [6.07, 6.45) is 21.4. The van der Waals surface area contributed by atoms with Crippen molar-refractivity contribution in [1.82, 2.24) is 0 Å². The summed E-state index contributed by atoms with van der Waals surface area (Å²) >= 11 is 0. The molecule has 0 aromatic heterocycles. The van der Waals surface area contributed by atoms with Crippen molar-refractivity contribution in [3.8, 4) is 0 Å². The summed E-state index contributed by atoms with van der Waals surface area (Å²) in [5.74, 6) is -0.653. The highest BCUT2D eigenvalue weighted by Crippen LogP contribution is 2.13. The van der Waals surface area contributed by atoms with E-state index in [1.807, 2.05) is 6.92 Å². The Balaban J connectivity index is -0.000000657. The Morgan fingerprint density at radius 3 is 1.29 bits per heavy atom. The van der Waals surface area contributed by atoms with Crippen LogP contribution < -0.4 is 0 Å². The minimum absolute atomic E-state index is 0.139. The molecule has 1 unspecified atom stereocenters. The van der Waals surface area contributed by atoms with E-state index in [1.165, 1.54) is 90.4 Å². The van der Waals surface area contributed by atoms with E-state index in [-0.39, 0.29) is 6.61 Å². The SMILES string of the molecule is C=CC.CC(O)CO.CCCCCCCCCCCCCCCCCC(=O)O. The molecule has 0 aliphatic heterocycles. The third kappa shape index (κ3) is 44.5. The zero-order valence-electron chi connectivity index (χ0n) is 19.1. The fraction of sp³-hybridized carbons (Fsp3) is 0.875. The molecule has 3 N–H and O–H groups in total. The number of carboxylic acid groups (broad SMARTS) is 1. The minimum atomic E-state index is -0.653. The van der Waals surface area contributed by atoms with Crippen molar-refractivity contribution in [1.29, 1.82) is 0 Å². The van der Waals surface area contributed by atoms with Gasteiger partial charge in [-0.15, -0.1) is 6.58 Å². The number of hydrogen-bond acceptors (Lipinski definition) is 3.